The second kappa shape index (κ2) is 45.6. The first-order valence-corrected chi connectivity index (χ1v) is 5.64. The Kier molecular flexibility index (Phi) is 103. The van der Waals surface area contributed by atoms with Crippen molar-refractivity contribution in [3.8, 4) is 0 Å². The molecule has 0 aliphatic heterocycles. The fourth-order valence-electron chi connectivity index (χ4n) is 0. The van der Waals surface area contributed by atoms with Crippen molar-refractivity contribution in [2.24, 2.45) is 0 Å². The molecule has 6 nitrogen and oxygen atoms in total. The van der Waals surface area contributed by atoms with Crippen LogP contribution >= 0.6 is 0 Å². The third kappa shape index (κ3) is 255. The predicted octanol–water partition coefficient (Wildman–Crippen LogP) is -5.63. The van der Waals surface area contributed by atoms with Gasteiger partial charge in [-0.15, -0.1) is 0 Å². The fourth-order valence-corrected chi connectivity index (χ4v) is 0. The van der Waals surface area contributed by atoms with Gasteiger partial charge in [0.05, 0.1) is 0 Å². The topological polar surface area (TPSA) is 130 Å². The van der Waals surface area contributed by atoms with E-state index in [-0.39, 0.29) is 0 Å². The Bertz CT molecular complexity index is 17.7. The normalized spacial score (nSPS) is 4.80. The third-order valence-electron chi connectivity index (χ3n) is 0. The van der Waals surface area contributed by atoms with Crippen molar-refractivity contribution in [2.45, 2.75) is 0 Å². The van der Waals surface area contributed by atoms with E-state index in [9.17, 15) is 0 Å². The summed E-state index contributed by atoms with van der Waals surface area (Å²) in [5.74, 6) is 0. The average Bonchev–Trinajstić information content (AvgIpc) is 1.98. The van der Waals surface area contributed by atoms with Crippen LogP contribution in [0.4, 0.5) is 0 Å². The molecule has 0 rings (SSSR count). The van der Waals surface area contributed by atoms with E-state index >= 15 is 0 Å². The zero-order chi connectivity index (χ0) is 9.58. The summed E-state index contributed by atoms with van der Waals surface area (Å²) in [6.07, 6.45) is 0. The van der Waals surface area contributed by atoms with E-state index in [4.69, 9.17) is 26.9 Å². The zero-order valence-electron chi connectivity index (χ0n) is 5.27. The summed E-state index contributed by atoms with van der Waals surface area (Å²) in [5, 5.41) is 25.2. The molecule has 10 heteroatoms. The van der Waals surface area contributed by atoms with Crippen molar-refractivity contribution >= 4 is 7.32 Å². The van der Waals surface area contributed by atoms with Gasteiger partial charge in [0.1, 0.15) is 0 Å². The molecule has 0 aliphatic carbocycles. The van der Waals surface area contributed by atoms with Crippen LogP contribution in [0.5, 0.6) is 0 Å². The molecule has 0 heterocycles. The van der Waals surface area contributed by atoms with Gasteiger partial charge in [-0.05, 0) is 0 Å². The van der Waals surface area contributed by atoms with Gasteiger partial charge in [-0.1, -0.05) is 0 Å². The van der Waals surface area contributed by atoms with Crippen LogP contribution in [0.25, 0.3) is 0 Å². The molecule has 0 aromatic heterocycles. The average molecular weight is 306 g/mol. The van der Waals surface area contributed by atoms with E-state index in [0.717, 1.165) is 0 Å². The Labute approximate surface area is 89.7 Å². The van der Waals surface area contributed by atoms with Crippen LogP contribution < -0.4 is 15.1 Å². The van der Waals surface area contributed by atoms with Gasteiger partial charge >= 0.3 is 67.8 Å². The van der Waals surface area contributed by atoms with Gasteiger partial charge in [0.2, 0.25) is 0 Å². The van der Waals surface area contributed by atoms with Crippen LogP contribution in [0.1, 0.15) is 0 Å². The van der Waals surface area contributed by atoms with Crippen molar-refractivity contribution in [3.63, 3.8) is 0 Å². The maximum absolute atomic E-state index is 8.42. The zero-order valence-corrected chi connectivity index (χ0v) is 14.2. The van der Waals surface area contributed by atoms with Crippen LogP contribution in [-0.2, 0) is 56.0 Å². The quantitative estimate of drug-likeness (QED) is 0.383. The molecule has 0 amide bonds. The Morgan fingerprint density at radius 1 is 0.700 bits per heavy atom. The summed E-state index contributed by atoms with van der Waals surface area (Å²) in [6, 6.07) is 0. The van der Waals surface area contributed by atoms with E-state index in [0.29, 0.717) is 56.0 Å². The van der Waals surface area contributed by atoms with Crippen molar-refractivity contribution < 1.29 is 82.9 Å². The second-order valence-corrected chi connectivity index (χ2v) is 0.289. The van der Waals surface area contributed by atoms with Gasteiger partial charge in [0.15, 0.2) is 0 Å². The molecule has 0 spiro atoms. The van der Waals surface area contributed by atoms with Crippen LogP contribution in [0, 0.1) is 0 Å². The van der Waals surface area contributed by atoms with E-state index in [1.807, 2.05) is 0 Å². The van der Waals surface area contributed by atoms with Gasteiger partial charge in [-0.25, -0.2) is 0 Å². The van der Waals surface area contributed by atoms with Crippen LogP contribution in [0.2, 0.25) is 0 Å². The molecule has 0 saturated heterocycles. The minimum absolute atomic E-state index is 0.375. The number of hydrogen-bond acceptors (Lipinski definition) is 6. The third-order valence-corrected chi connectivity index (χ3v) is 0. The Hall–Kier alpha value is 1.70. The van der Waals surface area contributed by atoms with Crippen LogP contribution in [-0.4, -0.2) is 19.1 Å². The van der Waals surface area contributed by atoms with Gasteiger partial charge in [-0.2, -0.15) is 0 Å². The molecule has 0 radical (unpaired) electrons. The molecule has 0 unspecified atom stereocenters. The molecule has 0 aliphatic rings. The van der Waals surface area contributed by atoms with Crippen molar-refractivity contribution in [1.82, 2.24) is 0 Å². The summed E-state index contributed by atoms with van der Waals surface area (Å²) in [4.78, 5) is 0. The molecule has 3 N–H and O–H groups in total. The molecule has 0 aromatic carbocycles. The molecule has 48 valence electrons. The van der Waals surface area contributed by atoms with Crippen LogP contribution in [0.3, 0.4) is 0 Å². The SMILES string of the molecule is [O-]B([O-])[O-].[OH][Zn+].[OH][Zn+].[OH][Zn+]. The van der Waals surface area contributed by atoms with Crippen molar-refractivity contribution in [1.29, 1.82) is 0 Å². The molecule has 10 heavy (non-hydrogen) atoms. The fraction of sp³-hybridized carbons (Fsp3) is 0. The van der Waals surface area contributed by atoms with Gasteiger partial charge in [0, 0.05) is 0 Å². The minimum atomic E-state index is -2.92. The Morgan fingerprint density at radius 2 is 0.700 bits per heavy atom. The molecular formula is H3BO6Zn3. The van der Waals surface area contributed by atoms with E-state index in [1.165, 1.54) is 0 Å². The van der Waals surface area contributed by atoms with Gasteiger partial charge < -0.3 is 15.1 Å². The first-order chi connectivity index (χ1) is 4.73. The summed E-state index contributed by atoms with van der Waals surface area (Å²) < 4.78 is 21.4. The first kappa shape index (κ1) is 22.6. The molecule has 0 aromatic rings. The Balaban J connectivity index is -0.0000000262. The summed E-state index contributed by atoms with van der Waals surface area (Å²) in [7, 11) is -2.92. The second-order valence-electron chi connectivity index (χ2n) is 0.289. The molecule has 0 fully saturated rings. The summed E-state index contributed by atoms with van der Waals surface area (Å²) in [6.45, 7) is 0. The van der Waals surface area contributed by atoms with Crippen LogP contribution in [0.15, 0.2) is 0 Å². The van der Waals surface area contributed by atoms with Gasteiger partial charge in [-0.3, -0.25) is 7.32 Å². The Morgan fingerprint density at radius 3 is 0.700 bits per heavy atom. The van der Waals surface area contributed by atoms with E-state index in [1.54, 1.807) is 0 Å². The number of hydrogen-bond donors (Lipinski definition) is 3. The summed E-state index contributed by atoms with van der Waals surface area (Å²) >= 11 is 1.12. The van der Waals surface area contributed by atoms with E-state index in [2.05, 4.69) is 0 Å². The first-order valence-electron chi connectivity index (χ1n) is 1.66. The maximum atomic E-state index is 8.42. The molecule has 0 bridgehead atoms. The van der Waals surface area contributed by atoms with Crippen molar-refractivity contribution in [3.05, 3.63) is 0 Å². The number of rotatable bonds is 0. The standard InChI is InChI=1S/BO3.3H2O.3Zn/c2-1(3)4;;;;;;/h;3*1H2;;;/q-3;;;;3*+2/p-3. The van der Waals surface area contributed by atoms with E-state index < -0.39 is 7.32 Å². The monoisotopic (exact) mass is 302 g/mol. The summed E-state index contributed by atoms with van der Waals surface area (Å²) in [5.41, 5.74) is 0. The van der Waals surface area contributed by atoms with Crippen molar-refractivity contribution in [2.75, 3.05) is 0 Å². The molecule has 0 atom stereocenters. The molecular weight excluding hydrogens is 303 g/mol. The predicted molar refractivity (Wildman–Crippen MR) is 12.4 cm³/mol. The molecule has 0 saturated carbocycles. The van der Waals surface area contributed by atoms with Gasteiger partial charge in [0.25, 0.3) is 0 Å².